The van der Waals surface area contributed by atoms with Crippen LogP contribution in [0.3, 0.4) is 0 Å². The van der Waals surface area contributed by atoms with Crippen molar-refractivity contribution in [1.82, 2.24) is 0 Å². The maximum atomic E-state index is 5.05. The van der Waals surface area contributed by atoms with Crippen molar-refractivity contribution in [2.24, 2.45) is 0 Å². The standard InChI is InChI=1S/3C16H20NP.C3H9P.2Cr/c3*1-16(2,3)17-18(14-10-6-4-7-11-14)15-12-8-5-9-13-15;1-4(2)3;;/h3*4-13,18H,1-3H3;1-3H3;;/q;;;;;+2/p+1. The van der Waals surface area contributed by atoms with Crippen LogP contribution in [0.5, 0.6) is 0 Å². The minimum atomic E-state index is -1.03. The van der Waals surface area contributed by atoms with Gasteiger partial charge in [-0.1, -0.05) is 172 Å². The molecular formula is C51H70Cr2N3P4+3. The van der Waals surface area contributed by atoms with Crippen LogP contribution in [0.2, 0.25) is 0 Å². The SMILES string of the molecule is CC(C)(C)[N-][PH+](c1ccccc1)c1ccccc1.CC(C)(C)[N-][PH+](c1ccccc1)c1ccccc1.CC(C)(C)[N-][PH+](c1ccccc1)c1ccccc1.C[PH+](C)C.[Cr+2].[Cr]. The van der Waals surface area contributed by atoms with Crippen molar-refractivity contribution in [3.05, 3.63) is 197 Å². The zero-order valence-corrected chi connectivity index (χ0v) is 44.5. The molecule has 0 radical (unpaired) electrons. The summed E-state index contributed by atoms with van der Waals surface area (Å²) >= 11 is 0. The molecule has 60 heavy (non-hydrogen) atoms. The van der Waals surface area contributed by atoms with Crippen molar-refractivity contribution in [3.63, 3.8) is 0 Å². The monoisotopic (exact) mass is 952 g/mol. The van der Waals surface area contributed by atoms with Crippen LogP contribution in [0.15, 0.2) is 182 Å². The first kappa shape index (κ1) is 56.0. The summed E-state index contributed by atoms with van der Waals surface area (Å²) in [5.74, 6) is 0. The maximum Gasteiger partial charge on any atom is 2.00 e. The van der Waals surface area contributed by atoms with Gasteiger partial charge in [0, 0.05) is 37.4 Å². The summed E-state index contributed by atoms with van der Waals surface area (Å²) < 4.78 is 0. The van der Waals surface area contributed by atoms with E-state index < -0.39 is 24.2 Å². The van der Waals surface area contributed by atoms with Crippen LogP contribution in [-0.2, 0) is 34.7 Å². The minimum absolute atomic E-state index is 0. The molecule has 3 nitrogen and oxygen atoms in total. The summed E-state index contributed by atoms with van der Waals surface area (Å²) in [5.41, 5.74) is -0.0000620. The molecule has 0 fully saturated rings. The molecule has 0 spiro atoms. The largest absolute Gasteiger partial charge is 2.00 e. The van der Waals surface area contributed by atoms with Crippen molar-refractivity contribution < 1.29 is 34.7 Å². The van der Waals surface area contributed by atoms with Gasteiger partial charge in [-0.3, -0.25) is 0 Å². The van der Waals surface area contributed by atoms with Gasteiger partial charge in [0.25, 0.3) is 0 Å². The van der Waals surface area contributed by atoms with Crippen LogP contribution in [0.1, 0.15) is 62.3 Å². The van der Waals surface area contributed by atoms with E-state index in [-0.39, 0.29) is 59.3 Å². The molecule has 0 saturated heterocycles. The van der Waals surface area contributed by atoms with Crippen LogP contribution in [-0.4, -0.2) is 36.6 Å². The molecule has 0 atom stereocenters. The van der Waals surface area contributed by atoms with E-state index in [9.17, 15) is 0 Å². The van der Waals surface area contributed by atoms with Gasteiger partial charge in [-0.05, 0) is 105 Å². The van der Waals surface area contributed by atoms with Crippen LogP contribution < -0.4 is 31.8 Å². The molecule has 0 bridgehead atoms. The summed E-state index contributed by atoms with van der Waals surface area (Å²) in [5, 5.41) is 23.3. The van der Waals surface area contributed by atoms with Crippen LogP contribution in [0.4, 0.5) is 0 Å². The second-order valence-corrected chi connectivity index (χ2v) is 26.8. The van der Waals surface area contributed by atoms with E-state index in [4.69, 9.17) is 15.3 Å². The van der Waals surface area contributed by atoms with Gasteiger partial charge in [-0.25, -0.2) is 0 Å². The predicted octanol–water partition coefficient (Wildman–Crippen LogP) is 12.9. The molecule has 9 heteroatoms. The summed E-state index contributed by atoms with van der Waals surface area (Å²) in [7, 11) is -2.98. The molecule has 0 amide bonds. The summed E-state index contributed by atoms with van der Waals surface area (Å²) in [6, 6.07) is 63.8. The van der Waals surface area contributed by atoms with Gasteiger partial charge >= 0.3 is 17.4 Å². The summed E-state index contributed by atoms with van der Waals surface area (Å²) in [6.45, 7) is 26.3. The second-order valence-electron chi connectivity index (χ2n) is 17.6. The summed E-state index contributed by atoms with van der Waals surface area (Å²) in [6.07, 6.45) is 0. The van der Waals surface area contributed by atoms with E-state index in [1.807, 2.05) is 0 Å². The van der Waals surface area contributed by atoms with Crippen LogP contribution in [0.25, 0.3) is 15.3 Å². The Kier molecular flexibility index (Phi) is 26.7. The van der Waals surface area contributed by atoms with Gasteiger partial charge in [-0.15, -0.1) is 16.6 Å². The Hall–Kier alpha value is -2.02. The number of hydrogen-bond acceptors (Lipinski definition) is 0. The number of nitrogens with zero attached hydrogens (tertiary/aromatic N) is 3. The molecule has 0 saturated carbocycles. The van der Waals surface area contributed by atoms with Gasteiger partial charge in [0.1, 0.15) is 0 Å². The maximum absolute atomic E-state index is 5.05. The Morgan fingerprint density at radius 3 is 0.500 bits per heavy atom. The van der Waals surface area contributed by atoms with Crippen molar-refractivity contribution in [2.45, 2.75) is 78.9 Å². The third-order valence-corrected chi connectivity index (χ3v) is 15.6. The van der Waals surface area contributed by atoms with Crippen LogP contribution in [0, 0.1) is 0 Å². The smallest absolute Gasteiger partial charge is 0.478 e. The van der Waals surface area contributed by atoms with E-state index in [0.717, 1.165) is 0 Å². The van der Waals surface area contributed by atoms with Crippen molar-refractivity contribution in [2.75, 3.05) is 20.0 Å². The molecule has 6 rings (SSSR count). The van der Waals surface area contributed by atoms with Crippen molar-refractivity contribution >= 4 is 64.0 Å². The predicted molar refractivity (Wildman–Crippen MR) is 277 cm³/mol. The fourth-order valence-electron chi connectivity index (χ4n) is 5.47. The molecule has 0 heterocycles. The zero-order valence-electron chi connectivity index (χ0n) is 38.0. The van der Waals surface area contributed by atoms with E-state index in [1.54, 1.807) is 0 Å². The van der Waals surface area contributed by atoms with Crippen molar-refractivity contribution in [1.29, 1.82) is 0 Å². The van der Waals surface area contributed by atoms with Gasteiger partial charge in [-0.2, -0.15) is 0 Å². The molecule has 0 aromatic heterocycles. The molecule has 6 aromatic rings. The van der Waals surface area contributed by atoms with E-state index in [0.29, 0.717) is 0 Å². The molecule has 0 N–H and O–H groups in total. The molecule has 0 aliphatic carbocycles. The van der Waals surface area contributed by atoms with Gasteiger partial charge in [0.15, 0.2) is 0 Å². The van der Waals surface area contributed by atoms with E-state index >= 15 is 0 Å². The number of hydrogen-bond donors (Lipinski definition) is 0. The first-order chi connectivity index (χ1) is 27.4. The molecule has 0 aliphatic rings. The normalized spacial score (nSPS) is 11.2. The average molecular weight is 953 g/mol. The third kappa shape index (κ3) is 23.4. The van der Waals surface area contributed by atoms with E-state index in [2.05, 4.69) is 264 Å². The minimum Gasteiger partial charge on any atom is -0.478 e. The van der Waals surface area contributed by atoms with Gasteiger partial charge in [0.05, 0.1) is 31.8 Å². The average Bonchev–Trinajstić information content (AvgIpc) is 3.19. The van der Waals surface area contributed by atoms with E-state index in [1.165, 1.54) is 31.8 Å². The Labute approximate surface area is 392 Å². The number of benzene rings is 6. The zero-order chi connectivity index (χ0) is 42.6. The fraction of sp³-hybridized carbons (Fsp3) is 0.294. The third-order valence-electron chi connectivity index (χ3n) is 7.62. The fourth-order valence-corrected chi connectivity index (χ4v) is 12.3. The van der Waals surface area contributed by atoms with Crippen LogP contribution >= 0.6 is 32.1 Å². The Bertz CT molecular complexity index is 1590. The molecule has 6 aromatic carbocycles. The van der Waals surface area contributed by atoms with Crippen molar-refractivity contribution in [3.8, 4) is 0 Å². The Morgan fingerprint density at radius 2 is 0.400 bits per heavy atom. The summed E-state index contributed by atoms with van der Waals surface area (Å²) in [4.78, 5) is 0. The first-order valence-corrected chi connectivity index (χ1v) is 27.6. The molecule has 318 valence electrons. The first-order valence-electron chi connectivity index (χ1n) is 20.3. The quantitative estimate of drug-likeness (QED) is 0.130. The second kappa shape index (κ2) is 28.6. The topological polar surface area (TPSA) is 42.3 Å². The molecule has 0 unspecified atom stereocenters. The van der Waals surface area contributed by atoms with Gasteiger partial charge < -0.3 is 15.3 Å². The Balaban J connectivity index is 0.000000423. The Morgan fingerprint density at radius 1 is 0.283 bits per heavy atom. The molecule has 0 aliphatic heterocycles. The van der Waals surface area contributed by atoms with Gasteiger partial charge in [0.2, 0.25) is 0 Å². The molecular weight excluding hydrogens is 882 g/mol. The number of rotatable bonds is 9.